The molecule has 0 aromatic rings. The molecule has 0 spiro atoms. The van der Waals surface area contributed by atoms with Gasteiger partial charge in [-0.25, -0.2) is 0 Å². The van der Waals surface area contributed by atoms with E-state index in [1.54, 1.807) is 7.11 Å². The molecular formula is C12H24N2O. The van der Waals surface area contributed by atoms with Crippen LogP contribution in [-0.4, -0.2) is 49.8 Å². The molecule has 2 aliphatic rings. The van der Waals surface area contributed by atoms with E-state index in [0.717, 1.165) is 12.6 Å². The summed E-state index contributed by atoms with van der Waals surface area (Å²) < 4.78 is 5.17. The van der Waals surface area contributed by atoms with Crippen LogP contribution in [0.2, 0.25) is 0 Å². The van der Waals surface area contributed by atoms with Crippen molar-refractivity contribution in [3.05, 3.63) is 0 Å². The monoisotopic (exact) mass is 212 g/mol. The van der Waals surface area contributed by atoms with Crippen molar-refractivity contribution in [3.8, 4) is 0 Å². The number of fused-ring (bicyclic) bond motifs is 1. The van der Waals surface area contributed by atoms with Crippen molar-refractivity contribution in [2.75, 3.05) is 26.8 Å². The zero-order valence-corrected chi connectivity index (χ0v) is 10.0. The lowest BCUT2D eigenvalue weighted by molar-refractivity contribution is 0.147. The van der Waals surface area contributed by atoms with Crippen LogP contribution in [0.3, 0.4) is 0 Å². The summed E-state index contributed by atoms with van der Waals surface area (Å²) in [6.45, 7) is 5.65. The van der Waals surface area contributed by atoms with E-state index in [4.69, 9.17) is 4.74 Å². The van der Waals surface area contributed by atoms with Crippen LogP contribution < -0.4 is 5.32 Å². The largest absolute Gasteiger partial charge is 0.383 e. The molecule has 0 amide bonds. The molecule has 1 N–H and O–H groups in total. The Kier molecular flexibility index (Phi) is 4.00. The first kappa shape index (κ1) is 11.4. The van der Waals surface area contributed by atoms with Crippen LogP contribution in [-0.2, 0) is 4.74 Å². The molecule has 0 radical (unpaired) electrons. The third kappa shape index (κ3) is 2.71. The van der Waals surface area contributed by atoms with Gasteiger partial charge in [0.1, 0.15) is 0 Å². The maximum absolute atomic E-state index is 5.17. The van der Waals surface area contributed by atoms with Gasteiger partial charge in [0.25, 0.3) is 0 Å². The Morgan fingerprint density at radius 3 is 3.00 bits per heavy atom. The summed E-state index contributed by atoms with van der Waals surface area (Å²) in [6, 6.07) is 2.00. The predicted octanol–water partition coefficient (Wildman–Crippen LogP) is 1.24. The van der Waals surface area contributed by atoms with Gasteiger partial charge >= 0.3 is 0 Å². The Morgan fingerprint density at radius 2 is 2.20 bits per heavy atom. The topological polar surface area (TPSA) is 24.5 Å². The molecule has 3 atom stereocenters. The minimum Gasteiger partial charge on any atom is -0.383 e. The number of ether oxygens (including phenoxy) is 1. The van der Waals surface area contributed by atoms with Crippen LogP contribution in [0.15, 0.2) is 0 Å². The molecule has 3 nitrogen and oxygen atoms in total. The van der Waals surface area contributed by atoms with Crippen molar-refractivity contribution in [1.29, 1.82) is 0 Å². The number of hydrogen-bond donors (Lipinski definition) is 1. The smallest absolute Gasteiger partial charge is 0.0613 e. The van der Waals surface area contributed by atoms with Gasteiger partial charge in [0.2, 0.25) is 0 Å². The Hall–Kier alpha value is -0.120. The Bertz CT molecular complexity index is 198. The fourth-order valence-corrected chi connectivity index (χ4v) is 3.11. The standard InChI is InChI=1S/C12H24N2O/c1-10(9-15-2)13-11-6-8-14-7-4-3-5-12(11)14/h10-13H,3-9H2,1-2H3. The second-order valence-corrected chi connectivity index (χ2v) is 5.02. The van der Waals surface area contributed by atoms with Gasteiger partial charge in [0.05, 0.1) is 6.61 Å². The normalized spacial score (nSPS) is 34.0. The molecule has 15 heavy (non-hydrogen) atoms. The molecule has 0 saturated carbocycles. The molecule has 0 aliphatic carbocycles. The van der Waals surface area contributed by atoms with E-state index in [2.05, 4.69) is 17.1 Å². The lowest BCUT2D eigenvalue weighted by atomic mass is 9.98. The van der Waals surface area contributed by atoms with E-state index in [0.29, 0.717) is 12.1 Å². The highest BCUT2D eigenvalue weighted by atomic mass is 16.5. The SMILES string of the molecule is COCC(C)NC1CCN2CCCCC12. The Balaban J connectivity index is 1.82. The fraction of sp³-hybridized carbons (Fsp3) is 1.00. The molecule has 2 aliphatic heterocycles. The molecule has 88 valence electrons. The van der Waals surface area contributed by atoms with Crippen LogP contribution in [0.5, 0.6) is 0 Å². The Morgan fingerprint density at radius 1 is 1.33 bits per heavy atom. The minimum absolute atomic E-state index is 0.488. The van der Waals surface area contributed by atoms with Gasteiger partial charge in [0.15, 0.2) is 0 Å². The molecule has 2 fully saturated rings. The second kappa shape index (κ2) is 5.28. The summed E-state index contributed by atoms with van der Waals surface area (Å²) in [5, 5.41) is 3.71. The van der Waals surface area contributed by atoms with Gasteiger partial charge in [-0.15, -0.1) is 0 Å². The van der Waals surface area contributed by atoms with E-state index < -0.39 is 0 Å². The van der Waals surface area contributed by atoms with Crippen LogP contribution in [0.1, 0.15) is 32.6 Å². The second-order valence-electron chi connectivity index (χ2n) is 5.02. The zero-order valence-electron chi connectivity index (χ0n) is 10.0. The van der Waals surface area contributed by atoms with E-state index in [1.165, 1.54) is 38.8 Å². The molecule has 2 heterocycles. The maximum atomic E-state index is 5.17. The molecular weight excluding hydrogens is 188 g/mol. The molecule has 3 unspecified atom stereocenters. The lowest BCUT2D eigenvalue weighted by Crippen LogP contribution is -2.48. The van der Waals surface area contributed by atoms with E-state index in [9.17, 15) is 0 Å². The van der Waals surface area contributed by atoms with Crippen molar-refractivity contribution >= 4 is 0 Å². The van der Waals surface area contributed by atoms with E-state index in [1.807, 2.05) is 0 Å². The third-order valence-electron chi connectivity index (χ3n) is 3.77. The summed E-state index contributed by atoms with van der Waals surface area (Å²) in [5.41, 5.74) is 0. The number of nitrogens with zero attached hydrogens (tertiary/aromatic N) is 1. The van der Waals surface area contributed by atoms with Crippen molar-refractivity contribution < 1.29 is 4.74 Å². The van der Waals surface area contributed by atoms with E-state index in [-0.39, 0.29) is 0 Å². The van der Waals surface area contributed by atoms with Gasteiger partial charge in [-0.05, 0) is 32.7 Å². The first-order valence-electron chi connectivity index (χ1n) is 6.30. The van der Waals surface area contributed by atoms with Gasteiger partial charge in [-0.2, -0.15) is 0 Å². The van der Waals surface area contributed by atoms with Crippen LogP contribution in [0, 0.1) is 0 Å². The number of piperidine rings is 1. The number of methoxy groups -OCH3 is 1. The van der Waals surface area contributed by atoms with Crippen molar-refractivity contribution in [2.24, 2.45) is 0 Å². The number of rotatable bonds is 4. The van der Waals surface area contributed by atoms with Gasteiger partial charge in [-0.3, -0.25) is 4.90 Å². The highest BCUT2D eigenvalue weighted by molar-refractivity contribution is 4.94. The average molecular weight is 212 g/mol. The quantitative estimate of drug-likeness (QED) is 0.759. The van der Waals surface area contributed by atoms with Crippen molar-refractivity contribution in [3.63, 3.8) is 0 Å². The summed E-state index contributed by atoms with van der Waals surface area (Å²) in [7, 11) is 1.78. The highest BCUT2D eigenvalue weighted by Gasteiger charge is 2.35. The Labute approximate surface area is 93.2 Å². The molecule has 0 aromatic carbocycles. The first-order chi connectivity index (χ1) is 7.31. The zero-order chi connectivity index (χ0) is 10.7. The van der Waals surface area contributed by atoms with Gasteiger partial charge in [-0.1, -0.05) is 6.42 Å². The molecule has 2 saturated heterocycles. The van der Waals surface area contributed by atoms with Gasteiger partial charge in [0, 0.05) is 31.8 Å². The first-order valence-corrected chi connectivity index (χ1v) is 6.30. The summed E-state index contributed by atoms with van der Waals surface area (Å²) in [6.07, 6.45) is 5.52. The van der Waals surface area contributed by atoms with Crippen LogP contribution >= 0.6 is 0 Å². The minimum atomic E-state index is 0.488. The molecule has 3 heteroatoms. The molecule has 2 rings (SSSR count). The summed E-state index contributed by atoms with van der Waals surface area (Å²) >= 11 is 0. The third-order valence-corrected chi connectivity index (χ3v) is 3.77. The van der Waals surface area contributed by atoms with Gasteiger partial charge < -0.3 is 10.1 Å². The predicted molar refractivity (Wildman–Crippen MR) is 62.1 cm³/mol. The number of hydrogen-bond acceptors (Lipinski definition) is 3. The van der Waals surface area contributed by atoms with Crippen LogP contribution in [0.25, 0.3) is 0 Å². The highest BCUT2D eigenvalue weighted by Crippen LogP contribution is 2.27. The maximum Gasteiger partial charge on any atom is 0.0613 e. The van der Waals surface area contributed by atoms with Crippen LogP contribution in [0.4, 0.5) is 0 Å². The molecule has 0 aromatic heterocycles. The molecule has 0 bridgehead atoms. The summed E-state index contributed by atoms with van der Waals surface area (Å²) in [5.74, 6) is 0. The van der Waals surface area contributed by atoms with E-state index >= 15 is 0 Å². The van der Waals surface area contributed by atoms with Crippen molar-refractivity contribution in [2.45, 2.75) is 50.7 Å². The summed E-state index contributed by atoms with van der Waals surface area (Å²) in [4.78, 5) is 2.67. The van der Waals surface area contributed by atoms with Crippen molar-refractivity contribution in [1.82, 2.24) is 10.2 Å². The number of nitrogens with one attached hydrogen (secondary N) is 1. The fourth-order valence-electron chi connectivity index (χ4n) is 3.11. The average Bonchev–Trinajstić information content (AvgIpc) is 2.62. The lowest BCUT2D eigenvalue weighted by Gasteiger charge is -2.33.